The third-order valence-corrected chi connectivity index (χ3v) is 5.64. The van der Waals surface area contributed by atoms with E-state index in [1.54, 1.807) is 6.07 Å². The lowest BCUT2D eigenvalue weighted by Gasteiger charge is -2.36. The Morgan fingerprint density at radius 2 is 2.12 bits per heavy atom. The fourth-order valence-corrected chi connectivity index (χ4v) is 4.22. The fraction of sp³-hybridized carbons (Fsp3) is 0.526. The van der Waals surface area contributed by atoms with Gasteiger partial charge in [0.15, 0.2) is 0 Å². The molecule has 5 rings (SSSR count). The third kappa shape index (κ3) is 3.19. The number of pyridine rings is 1. The minimum atomic E-state index is -0.190. The van der Waals surface area contributed by atoms with Crippen LogP contribution in [0.15, 0.2) is 27.6 Å². The van der Waals surface area contributed by atoms with E-state index >= 15 is 0 Å². The van der Waals surface area contributed by atoms with Crippen LogP contribution >= 0.6 is 0 Å². The summed E-state index contributed by atoms with van der Waals surface area (Å²) in [4.78, 5) is 31.2. The second-order valence-corrected chi connectivity index (χ2v) is 7.49. The fourth-order valence-electron chi connectivity index (χ4n) is 4.22. The molecule has 0 aliphatic carbocycles. The van der Waals surface area contributed by atoms with Gasteiger partial charge < -0.3 is 14.4 Å². The van der Waals surface area contributed by atoms with Crippen molar-refractivity contribution in [1.29, 1.82) is 0 Å². The summed E-state index contributed by atoms with van der Waals surface area (Å²) >= 11 is 0. The number of hydrogen-bond acceptors (Lipinski definition) is 5. The molecule has 0 aromatic carbocycles. The molecule has 2 aromatic heterocycles. The maximum Gasteiger partial charge on any atom is 0.255 e. The van der Waals surface area contributed by atoms with Gasteiger partial charge in [-0.3, -0.25) is 14.5 Å². The van der Waals surface area contributed by atoms with Gasteiger partial charge in [-0.25, -0.2) is 0 Å². The van der Waals surface area contributed by atoms with Crippen molar-refractivity contribution in [2.24, 2.45) is 5.92 Å². The monoisotopic (exact) mass is 356 g/mol. The summed E-state index contributed by atoms with van der Waals surface area (Å²) in [5.74, 6) is 1.36. The van der Waals surface area contributed by atoms with Gasteiger partial charge in [-0.05, 0) is 38.7 Å². The average Bonchev–Trinajstić information content (AvgIpc) is 2.82. The normalized spacial score (nSPS) is 23.2. The number of carbonyl (C=O) groups is 1. The maximum absolute atomic E-state index is 12.9. The van der Waals surface area contributed by atoms with E-state index in [-0.39, 0.29) is 17.5 Å². The molecule has 138 valence electrons. The highest BCUT2D eigenvalue weighted by Crippen LogP contribution is 2.30. The van der Waals surface area contributed by atoms with Gasteiger partial charge >= 0.3 is 0 Å². The molecule has 2 atom stereocenters. The molecule has 0 radical (unpaired) electrons. The van der Waals surface area contributed by atoms with Crippen molar-refractivity contribution in [2.45, 2.75) is 39.3 Å². The number of nitrogens with one attached hydrogen (secondary N) is 1. The van der Waals surface area contributed by atoms with Gasteiger partial charge in [0.05, 0.1) is 11.3 Å². The number of aromatic amines is 1. The number of aromatic nitrogens is 2. The molecule has 7 nitrogen and oxygen atoms in total. The van der Waals surface area contributed by atoms with E-state index in [4.69, 9.17) is 4.52 Å². The van der Waals surface area contributed by atoms with E-state index in [0.29, 0.717) is 11.5 Å². The summed E-state index contributed by atoms with van der Waals surface area (Å²) in [7, 11) is 0. The van der Waals surface area contributed by atoms with Gasteiger partial charge in [-0.15, -0.1) is 0 Å². The molecule has 0 spiro atoms. The van der Waals surface area contributed by atoms with Crippen LogP contribution in [0.4, 0.5) is 0 Å². The van der Waals surface area contributed by atoms with Gasteiger partial charge in [0.1, 0.15) is 5.76 Å². The lowest BCUT2D eigenvalue weighted by molar-refractivity contribution is 0.0584. The van der Waals surface area contributed by atoms with Crippen LogP contribution in [-0.4, -0.2) is 51.5 Å². The Kier molecular flexibility index (Phi) is 4.40. The van der Waals surface area contributed by atoms with Crippen molar-refractivity contribution >= 4 is 5.91 Å². The van der Waals surface area contributed by atoms with Crippen LogP contribution in [-0.2, 0) is 6.54 Å². The summed E-state index contributed by atoms with van der Waals surface area (Å²) in [5, 5.41) is 4.05. The largest absolute Gasteiger partial charge is 0.361 e. The van der Waals surface area contributed by atoms with Crippen LogP contribution in [0.3, 0.4) is 0 Å². The molecule has 3 aliphatic heterocycles. The highest BCUT2D eigenvalue weighted by atomic mass is 16.5. The van der Waals surface area contributed by atoms with E-state index in [1.165, 1.54) is 12.3 Å². The van der Waals surface area contributed by atoms with Crippen molar-refractivity contribution < 1.29 is 9.32 Å². The van der Waals surface area contributed by atoms with Gasteiger partial charge in [-0.1, -0.05) is 5.16 Å². The smallest absolute Gasteiger partial charge is 0.255 e. The molecule has 26 heavy (non-hydrogen) atoms. The van der Waals surface area contributed by atoms with Crippen molar-refractivity contribution in [2.75, 3.05) is 19.6 Å². The number of aryl methyl sites for hydroxylation is 2. The predicted molar refractivity (Wildman–Crippen MR) is 95.9 cm³/mol. The Labute approximate surface area is 152 Å². The van der Waals surface area contributed by atoms with E-state index in [0.717, 1.165) is 56.0 Å². The van der Waals surface area contributed by atoms with Crippen LogP contribution in [0, 0.1) is 19.8 Å². The Bertz CT molecular complexity index is 832. The lowest BCUT2D eigenvalue weighted by Crippen LogP contribution is -2.47. The predicted octanol–water partition coefficient (Wildman–Crippen LogP) is 1.72. The Morgan fingerprint density at radius 3 is 2.81 bits per heavy atom. The zero-order valence-corrected chi connectivity index (χ0v) is 15.2. The first kappa shape index (κ1) is 17.0. The van der Waals surface area contributed by atoms with E-state index in [9.17, 15) is 9.59 Å². The molecule has 1 N–H and O–H groups in total. The van der Waals surface area contributed by atoms with Crippen LogP contribution in [0.1, 0.15) is 40.2 Å². The third-order valence-electron chi connectivity index (χ3n) is 5.64. The van der Waals surface area contributed by atoms with Crippen LogP contribution < -0.4 is 5.56 Å². The number of H-pyrrole nitrogens is 1. The Balaban J connectivity index is 1.52. The number of rotatable bonds is 3. The number of fused-ring (bicyclic) bond motifs is 4. The van der Waals surface area contributed by atoms with Gasteiger partial charge in [0.25, 0.3) is 5.91 Å². The molecule has 3 saturated heterocycles. The average molecular weight is 356 g/mol. The zero-order valence-electron chi connectivity index (χ0n) is 15.2. The molecule has 0 saturated carbocycles. The molecule has 0 unspecified atom stereocenters. The van der Waals surface area contributed by atoms with Crippen molar-refractivity contribution in [3.63, 3.8) is 0 Å². The zero-order chi connectivity index (χ0) is 18.3. The molecule has 7 heteroatoms. The summed E-state index contributed by atoms with van der Waals surface area (Å²) in [6.07, 6.45) is 3.70. The van der Waals surface area contributed by atoms with Crippen molar-refractivity contribution in [3.05, 3.63) is 51.3 Å². The van der Waals surface area contributed by atoms with E-state index in [2.05, 4.69) is 15.0 Å². The summed E-state index contributed by atoms with van der Waals surface area (Å²) in [5.41, 5.74) is 2.46. The van der Waals surface area contributed by atoms with Crippen LogP contribution in [0.25, 0.3) is 0 Å². The highest BCUT2D eigenvalue weighted by Gasteiger charge is 2.37. The summed E-state index contributed by atoms with van der Waals surface area (Å²) in [6.45, 7) is 7.36. The molecule has 1 amide bonds. The molecule has 5 heterocycles. The van der Waals surface area contributed by atoms with Gasteiger partial charge in [0, 0.05) is 50.0 Å². The van der Waals surface area contributed by atoms with Crippen LogP contribution in [0.2, 0.25) is 0 Å². The molecule has 3 fully saturated rings. The van der Waals surface area contributed by atoms with E-state index < -0.39 is 0 Å². The van der Waals surface area contributed by atoms with Crippen LogP contribution in [0.5, 0.6) is 0 Å². The maximum atomic E-state index is 12.9. The first-order valence-electron chi connectivity index (χ1n) is 9.15. The Hall–Kier alpha value is -2.41. The first-order valence-corrected chi connectivity index (χ1v) is 9.15. The molecule has 2 aromatic rings. The van der Waals surface area contributed by atoms with Crippen molar-refractivity contribution in [3.8, 4) is 0 Å². The SMILES string of the molecule is Cc1noc(C)c1CN1C[C@@H]2CC[C@H](C1)N(C(=O)c1ccc(=O)[nH]c1)C2. The molecule has 3 aliphatic rings. The number of carbonyl (C=O) groups excluding carboxylic acids is 1. The van der Waals surface area contributed by atoms with E-state index in [1.807, 2.05) is 18.7 Å². The lowest BCUT2D eigenvalue weighted by atomic mass is 9.94. The van der Waals surface area contributed by atoms with Gasteiger partial charge in [-0.2, -0.15) is 0 Å². The highest BCUT2D eigenvalue weighted by molar-refractivity contribution is 5.94. The number of piperidine rings is 1. The standard InChI is InChI=1S/C19H24N4O3/c1-12-17(13(2)26-21-12)11-22-8-14-3-5-16(10-22)23(9-14)19(25)15-4-6-18(24)20-7-15/h4,6-7,14,16H,3,5,8-11H2,1-2H3,(H,20,24)/t14-,16+/m0/s1. The quantitative estimate of drug-likeness (QED) is 0.905. The number of hydrogen-bond donors (Lipinski definition) is 1. The minimum Gasteiger partial charge on any atom is -0.361 e. The molecular formula is C19H24N4O3. The second kappa shape index (κ2) is 6.72. The Morgan fingerprint density at radius 1 is 1.27 bits per heavy atom. The first-order chi connectivity index (χ1) is 12.5. The second-order valence-electron chi connectivity index (χ2n) is 7.49. The minimum absolute atomic E-state index is 0.00939. The van der Waals surface area contributed by atoms with Gasteiger partial charge in [0.2, 0.25) is 5.56 Å². The number of nitrogens with zero attached hydrogens (tertiary/aromatic N) is 3. The molecular weight excluding hydrogens is 332 g/mol. The summed E-state index contributed by atoms with van der Waals surface area (Å²) < 4.78 is 5.29. The molecule has 2 bridgehead atoms. The van der Waals surface area contributed by atoms with Crippen molar-refractivity contribution in [1.82, 2.24) is 19.9 Å². The number of amides is 1. The summed E-state index contributed by atoms with van der Waals surface area (Å²) in [6, 6.07) is 3.22. The topological polar surface area (TPSA) is 82.4 Å².